The Morgan fingerprint density at radius 1 is 0.711 bits per heavy atom. The van der Waals surface area contributed by atoms with Crippen molar-refractivity contribution in [2.75, 3.05) is 0 Å². The van der Waals surface area contributed by atoms with Crippen LogP contribution >= 0.6 is 11.3 Å². The summed E-state index contributed by atoms with van der Waals surface area (Å²) in [6.45, 7) is 4.11. The molecule has 0 saturated carbocycles. The second kappa shape index (κ2) is 10.0. The molecule has 3 heterocycles. The average Bonchev–Trinajstić information content (AvgIpc) is 3.77. The molecule has 45 heavy (non-hydrogen) atoms. The predicted molar refractivity (Wildman–Crippen MR) is 193 cm³/mol. The second-order valence-corrected chi connectivity index (χ2v) is 12.5. The van der Waals surface area contributed by atoms with E-state index in [9.17, 15) is 0 Å². The van der Waals surface area contributed by atoms with Gasteiger partial charge >= 0.3 is 0 Å². The number of thiazole rings is 1. The lowest BCUT2D eigenvalue weighted by Crippen LogP contribution is -1.93. The van der Waals surface area contributed by atoms with Gasteiger partial charge in [-0.05, 0) is 102 Å². The third-order valence-corrected chi connectivity index (χ3v) is 10.0. The lowest BCUT2D eigenvalue weighted by atomic mass is 10.0. The molecule has 0 atom stereocenters. The molecule has 0 radical (unpaired) electrons. The largest absolute Gasteiger partial charge is 0.456 e. The summed E-state index contributed by atoms with van der Waals surface area (Å²) in [6, 6.07) is 41.4. The molecule has 6 aromatic carbocycles. The first-order valence-electron chi connectivity index (χ1n) is 15.3. The van der Waals surface area contributed by atoms with E-state index < -0.39 is 0 Å². The van der Waals surface area contributed by atoms with E-state index in [0.29, 0.717) is 0 Å². The van der Waals surface area contributed by atoms with E-state index in [0.717, 1.165) is 54.0 Å². The zero-order valence-electron chi connectivity index (χ0n) is 24.9. The quantitative estimate of drug-likeness (QED) is 0.189. The van der Waals surface area contributed by atoms with Crippen molar-refractivity contribution in [1.82, 2.24) is 9.55 Å². The summed E-state index contributed by atoms with van der Waals surface area (Å²) < 4.78 is 9.91. The van der Waals surface area contributed by atoms with Crippen molar-refractivity contribution in [2.45, 2.75) is 13.8 Å². The van der Waals surface area contributed by atoms with Gasteiger partial charge < -0.3 is 8.98 Å². The normalized spacial score (nSPS) is 12.7. The maximum absolute atomic E-state index is 6.37. The van der Waals surface area contributed by atoms with Crippen molar-refractivity contribution in [3.8, 4) is 16.3 Å². The predicted octanol–water partition coefficient (Wildman–Crippen LogP) is 12.1. The third-order valence-electron chi connectivity index (χ3n) is 8.89. The summed E-state index contributed by atoms with van der Waals surface area (Å²) in [5.41, 5.74) is 9.80. The smallest absolute Gasteiger partial charge is 0.137 e. The Labute approximate surface area is 264 Å². The zero-order chi connectivity index (χ0) is 30.1. The Hall–Kier alpha value is -5.45. The number of rotatable bonds is 4. The van der Waals surface area contributed by atoms with E-state index in [-0.39, 0.29) is 0 Å². The van der Waals surface area contributed by atoms with Crippen LogP contribution in [-0.4, -0.2) is 9.55 Å². The van der Waals surface area contributed by atoms with Crippen LogP contribution in [0.15, 0.2) is 138 Å². The molecule has 0 spiro atoms. The SMILES string of the molecule is C/C=C\C(=C/C)c1ccc2c(c1)oc1ccc3nc(-c4ccc(-n5c6ccccc6c6cc7ccccc7cc65)cc4)sc3c12. The van der Waals surface area contributed by atoms with Crippen LogP contribution in [0.4, 0.5) is 0 Å². The van der Waals surface area contributed by atoms with Crippen LogP contribution in [0.3, 0.4) is 0 Å². The molecule has 0 N–H and O–H groups in total. The lowest BCUT2D eigenvalue weighted by molar-refractivity contribution is 0.669. The molecule has 0 aliphatic carbocycles. The van der Waals surface area contributed by atoms with Crippen LogP contribution in [-0.2, 0) is 0 Å². The molecule has 0 aliphatic rings. The summed E-state index contributed by atoms with van der Waals surface area (Å²) in [6.07, 6.45) is 6.33. The average molecular weight is 597 g/mol. The van der Waals surface area contributed by atoms with E-state index >= 15 is 0 Å². The Morgan fingerprint density at radius 2 is 1.51 bits per heavy atom. The number of benzene rings is 6. The van der Waals surface area contributed by atoms with Crippen molar-refractivity contribution < 1.29 is 4.42 Å². The van der Waals surface area contributed by atoms with Gasteiger partial charge in [-0.25, -0.2) is 4.98 Å². The fraction of sp³-hybridized carbons (Fsp3) is 0.0488. The second-order valence-electron chi connectivity index (χ2n) is 11.5. The zero-order valence-corrected chi connectivity index (χ0v) is 25.7. The van der Waals surface area contributed by atoms with Crippen molar-refractivity contribution in [1.29, 1.82) is 0 Å². The van der Waals surface area contributed by atoms with E-state index in [1.165, 1.54) is 38.2 Å². The minimum Gasteiger partial charge on any atom is -0.456 e. The van der Waals surface area contributed by atoms with Crippen LogP contribution in [0.25, 0.3) is 86.6 Å². The number of allylic oxidation sites excluding steroid dienone is 4. The van der Waals surface area contributed by atoms with Gasteiger partial charge in [-0.15, -0.1) is 11.3 Å². The van der Waals surface area contributed by atoms with Gasteiger partial charge in [0.1, 0.15) is 16.2 Å². The topological polar surface area (TPSA) is 31.0 Å². The van der Waals surface area contributed by atoms with E-state index in [1.54, 1.807) is 11.3 Å². The van der Waals surface area contributed by atoms with Crippen molar-refractivity contribution >= 4 is 81.6 Å². The molecule has 9 aromatic rings. The molecule has 214 valence electrons. The summed E-state index contributed by atoms with van der Waals surface area (Å²) in [7, 11) is 0. The number of hydrogen-bond donors (Lipinski definition) is 0. The van der Waals surface area contributed by atoms with Crippen LogP contribution < -0.4 is 0 Å². The molecule has 0 amide bonds. The third kappa shape index (κ3) is 3.99. The van der Waals surface area contributed by atoms with E-state index in [1.807, 2.05) is 6.92 Å². The summed E-state index contributed by atoms with van der Waals surface area (Å²) in [4.78, 5) is 5.08. The van der Waals surface area contributed by atoms with Gasteiger partial charge in [0.2, 0.25) is 0 Å². The van der Waals surface area contributed by atoms with Crippen LogP contribution in [0.5, 0.6) is 0 Å². The fourth-order valence-corrected chi connectivity index (χ4v) is 7.90. The van der Waals surface area contributed by atoms with Gasteiger partial charge in [0.05, 0.1) is 21.3 Å². The van der Waals surface area contributed by atoms with E-state index in [4.69, 9.17) is 9.40 Å². The van der Waals surface area contributed by atoms with Crippen molar-refractivity contribution in [2.24, 2.45) is 0 Å². The first-order chi connectivity index (χ1) is 22.2. The standard InChI is InChI=1S/C41H28N2OS/c1-3-9-25(4-2)29-16-19-32-38(24-29)44-37-21-20-34-40(39(32)37)45-41(42-34)26-14-17-30(18-15-26)43-35-13-8-7-12-31(35)33-22-27-10-5-6-11-28(27)23-36(33)43/h3-24H,1-2H3/b9-3-,25-4+. The van der Waals surface area contributed by atoms with Crippen LogP contribution in [0, 0.1) is 0 Å². The highest BCUT2D eigenvalue weighted by molar-refractivity contribution is 7.22. The fourth-order valence-electron chi connectivity index (χ4n) is 6.77. The molecule has 0 bridgehead atoms. The Balaban J connectivity index is 1.16. The molecule has 3 aromatic heterocycles. The lowest BCUT2D eigenvalue weighted by Gasteiger charge is -2.09. The van der Waals surface area contributed by atoms with Crippen LogP contribution in [0.1, 0.15) is 19.4 Å². The first-order valence-corrected chi connectivity index (χ1v) is 16.1. The minimum absolute atomic E-state index is 0.896. The molecular formula is C41H28N2OS. The molecule has 9 rings (SSSR count). The van der Waals surface area contributed by atoms with Gasteiger partial charge in [-0.2, -0.15) is 0 Å². The Kier molecular flexibility index (Phi) is 5.80. The minimum atomic E-state index is 0.896. The maximum Gasteiger partial charge on any atom is 0.137 e. The van der Waals surface area contributed by atoms with Crippen molar-refractivity contribution in [3.05, 3.63) is 139 Å². The molecule has 4 heteroatoms. The number of aromatic nitrogens is 2. The molecule has 3 nitrogen and oxygen atoms in total. The highest BCUT2D eigenvalue weighted by Gasteiger charge is 2.17. The van der Waals surface area contributed by atoms with E-state index in [2.05, 4.69) is 145 Å². The number of para-hydroxylation sites is 1. The van der Waals surface area contributed by atoms with Crippen LogP contribution in [0.2, 0.25) is 0 Å². The maximum atomic E-state index is 6.37. The molecular weight excluding hydrogens is 569 g/mol. The number of hydrogen-bond acceptors (Lipinski definition) is 3. The van der Waals surface area contributed by atoms with Gasteiger partial charge in [-0.1, -0.05) is 66.8 Å². The van der Waals surface area contributed by atoms with Gasteiger partial charge in [0.15, 0.2) is 0 Å². The number of fused-ring (bicyclic) bond motifs is 9. The first kappa shape index (κ1) is 26.0. The molecule has 0 unspecified atom stereocenters. The molecule has 0 aliphatic heterocycles. The van der Waals surface area contributed by atoms with Gasteiger partial charge in [-0.3, -0.25) is 0 Å². The highest BCUT2D eigenvalue weighted by Crippen LogP contribution is 2.41. The highest BCUT2D eigenvalue weighted by atomic mass is 32.1. The molecule has 0 saturated heterocycles. The molecule has 0 fully saturated rings. The summed E-state index contributed by atoms with van der Waals surface area (Å²) >= 11 is 1.73. The Morgan fingerprint density at radius 3 is 2.33 bits per heavy atom. The van der Waals surface area contributed by atoms with Crippen molar-refractivity contribution in [3.63, 3.8) is 0 Å². The summed E-state index contributed by atoms with van der Waals surface area (Å²) in [5.74, 6) is 0. The summed E-state index contributed by atoms with van der Waals surface area (Å²) in [5, 5.41) is 8.31. The Bertz CT molecular complexity index is 2660. The number of furan rings is 1. The van der Waals surface area contributed by atoms with Gasteiger partial charge in [0.25, 0.3) is 0 Å². The van der Waals surface area contributed by atoms with Gasteiger partial charge in [0, 0.05) is 32.8 Å². The number of nitrogens with zero attached hydrogens (tertiary/aromatic N) is 2. The monoisotopic (exact) mass is 596 g/mol.